The fraction of sp³-hybridized carbons (Fsp3) is 0.200. The molecular formula is C15H15N. The standard InChI is InChI=1S/C15H15N/c1-12-15(16-12,13-8-4-2-5-9-13)14-10-6-3-7-11-14/h2-12,16H,1H3. The van der Waals surface area contributed by atoms with Crippen molar-refractivity contribution in [2.75, 3.05) is 0 Å². The fourth-order valence-electron chi connectivity index (χ4n) is 2.54. The number of nitrogens with one attached hydrogen (secondary N) is 1. The lowest BCUT2D eigenvalue weighted by Gasteiger charge is -2.15. The lowest BCUT2D eigenvalue weighted by molar-refractivity contribution is 0.791. The van der Waals surface area contributed by atoms with Crippen molar-refractivity contribution in [2.24, 2.45) is 0 Å². The first-order valence-corrected chi connectivity index (χ1v) is 5.73. The van der Waals surface area contributed by atoms with Crippen molar-refractivity contribution in [1.82, 2.24) is 5.32 Å². The molecule has 0 saturated carbocycles. The summed E-state index contributed by atoms with van der Waals surface area (Å²) in [4.78, 5) is 0. The van der Waals surface area contributed by atoms with E-state index in [0.29, 0.717) is 6.04 Å². The van der Waals surface area contributed by atoms with E-state index in [1.807, 2.05) is 0 Å². The third kappa shape index (κ3) is 1.29. The summed E-state index contributed by atoms with van der Waals surface area (Å²) in [5.41, 5.74) is 2.75. The van der Waals surface area contributed by atoms with E-state index in [2.05, 4.69) is 72.9 Å². The molecule has 1 fully saturated rings. The molecule has 0 radical (unpaired) electrons. The average Bonchev–Trinajstić information content (AvgIpc) is 3.05. The van der Waals surface area contributed by atoms with Crippen LogP contribution in [0.1, 0.15) is 18.1 Å². The molecular weight excluding hydrogens is 194 g/mol. The Labute approximate surface area is 96.1 Å². The first kappa shape index (κ1) is 9.61. The smallest absolute Gasteiger partial charge is 0.0846 e. The molecule has 1 saturated heterocycles. The van der Waals surface area contributed by atoms with Gasteiger partial charge in [0.05, 0.1) is 5.54 Å². The highest BCUT2D eigenvalue weighted by atomic mass is 15.2. The Bertz CT molecular complexity index is 436. The Hall–Kier alpha value is -1.60. The van der Waals surface area contributed by atoms with Gasteiger partial charge in [0.1, 0.15) is 0 Å². The monoisotopic (exact) mass is 209 g/mol. The average molecular weight is 209 g/mol. The largest absolute Gasteiger partial charge is 0.297 e. The van der Waals surface area contributed by atoms with Gasteiger partial charge in [-0.25, -0.2) is 0 Å². The van der Waals surface area contributed by atoms with E-state index in [4.69, 9.17) is 0 Å². The van der Waals surface area contributed by atoms with Crippen LogP contribution in [0.15, 0.2) is 60.7 Å². The van der Waals surface area contributed by atoms with Crippen molar-refractivity contribution in [3.05, 3.63) is 71.8 Å². The quantitative estimate of drug-likeness (QED) is 0.755. The molecule has 0 amide bonds. The summed E-state index contributed by atoms with van der Waals surface area (Å²) in [6, 6.07) is 21.8. The van der Waals surface area contributed by atoms with Crippen molar-refractivity contribution < 1.29 is 0 Å². The maximum Gasteiger partial charge on any atom is 0.0846 e. The van der Waals surface area contributed by atoms with Crippen LogP contribution in [0.2, 0.25) is 0 Å². The Morgan fingerprint density at radius 1 is 0.812 bits per heavy atom. The molecule has 0 aromatic heterocycles. The lowest BCUT2D eigenvalue weighted by atomic mass is 9.88. The zero-order valence-corrected chi connectivity index (χ0v) is 9.35. The number of hydrogen-bond acceptors (Lipinski definition) is 1. The van der Waals surface area contributed by atoms with Crippen LogP contribution in [0.25, 0.3) is 0 Å². The summed E-state index contributed by atoms with van der Waals surface area (Å²) in [7, 11) is 0. The minimum Gasteiger partial charge on any atom is -0.297 e. The second-order valence-electron chi connectivity index (χ2n) is 4.41. The Morgan fingerprint density at radius 3 is 1.50 bits per heavy atom. The molecule has 1 atom stereocenters. The van der Waals surface area contributed by atoms with Gasteiger partial charge in [-0.05, 0) is 18.1 Å². The zero-order chi connectivity index (χ0) is 11.0. The topological polar surface area (TPSA) is 21.9 Å². The van der Waals surface area contributed by atoms with Crippen LogP contribution >= 0.6 is 0 Å². The van der Waals surface area contributed by atoms with Crippen LogP contribution in [0, 0.1) is 0 Å². The Balaban J connectivity index is 2.10. The van der Waals surface area contributed by atoms with E-state index in [1.54, 1.807) is 0 Å². The third-order valence-electron chi connectivity index (χ3n) is 3.47. The highest BCUT2D eigenvalue weighted by Crippen LogP contribution is 2.43. The summed E-state index contributed by atoms with van der Waals surface area (Å²) >= 11 is 0. The van der Waals surface area contributed by atoms with Gasteiger partial charge in [-0.3, -0.25) is 5.32 Å². The molecule has 1 heteroatoms. The van der Waals surface area contributed by atoms with Gasteiger partial charge in [0.2, 0.25) is 0 Å². The molecule has 2 aromatic rings. The highest BCUT2D eigenvalue weighted by molar-refractivity contribution is 5.46. The molecule has 1 aliphatic heterocycles. The number of rotatable bonds is 2. The van der Waals surface area contributed by atoms with E-state index in [0.717, 1.165) is 0 Å². The van der Waals surface area contributed by atoms with Gasteiger partial charge in [0.25, 0.3) is 0 Å². The van der Waals surface area contributed by atoms with E-state index < -0.39 is 0 Å². The Morgan fingerprint density at radius 2 is 1.19 bits per heavy atom. The summed E-state index contributed by atoms with van der Waals surface area (Å²) in [6.07, 6.45) is 0. The van der Waals surface area contributed by atoms with Gasteiger partial charge < -0.3 is 0 Å². The summed E-state index contributed by atoms with van der Waals surface area (Å²) in [5.74, 6) is 0. The first-order valence-electron chi connectivity index (χ1n) is 5.73. The van der Waals surface area contributed by atoms with Gasteiger partial charge in [0, 0.05) is 6.04 Å². The van der Waals surface area contributed by atoms with Gasteiger partial charge in [0.15, 0.2) is 0 Å². The maximum absolute atomic E-state index is 3.58. The van der Waals surface area contributed by atoms with E-state index >= 15 is 0 Å². The molecule has 0 bridgehead atoms. The molecule has 1 nitrogen and oxygen atoms in total. The number of hydrogen-bond donors (Lipinski definition) is 1. The minimum atomic E-state index is 0.0442. The molecule has 1 unspecified atom stereocenters. The molecule has 1 heterocycles. The fourth-order valence-corrected chi connectivity index (χ4v) is 2.54. The van der Waals surface area contributed by atoms with Crippen LogP contribution in [0.4, 0.5) is 0 Å². The maximum atomic E-state index is 3.58. The van der Waals surface area contributed by atoms with Crippen LogP contribution in [0.3, 0.4) is 0 Å². The molecule has 80 valence electrons. The lowest BCUT2D eigenvalue weighted by Crippen LogP contribution is -2.15. The van der Waals surface area contributed by atoms with E-state index in [1.165, 1.54) is 11.1 Å². The van der Waals surface area contributed by atoms with E-state index in [9.17, 15) is 0 Å². The minimum absolute atomic E-state index is 0.0442. The third-order valence-corrected chi connectivity index (χ3v) is 3.47. The van der Waals surface area contributed by atoms with Crippen molar-refractivity contribution in [2.45, 2.75) is 18.5 Å². The molecule has 1 N–H and O–H groups in total. The SMILES string of the molecule is CC1NC1(c1ccccc1)c1ccccc1. The second-order valence-corrected chi connectivity index (χ2v) is 4.41. The van der Waals surface area contributed by atoms with Crippen molar-refractivity contribution in [3.8, 4) is 0 Å². The first-order chi connectivity index (χ1) is 7.84. The molecule has 16 heavy (non-hydrogen) atoms. The predicted molar refractivity (Wildman–Crippen MR) is 66.3 cm³/mol. The van der Waals surface area contributed by atoms with Crippen LogP contribution in [-0.4, -0.2) is 6.04 Å². The van der Waals surface area contributed by atoms with Crippen molar-refractivity contribution >= 4 is 0 Å². The summed E-state index contributed by atoms with van der Waals surface area (Å²) in [5, 5.41) is 3.58. The second kappa shape index (κ2) is 3.46. The van der Waals surface area contributed by atoms with E-state index in [-0.39, 0.29) is 5.54 Å². The summed E-state index contributed by atoms with van der Waals surface area (Å²) < 4.78 is 0. The van der Waals surface area contributed by atoms with Crippen LogP contribution < -0.4 is 5.32 Å². The highest BCUT2D eigenvalue weighted by Gasteiger charge is 2.52. The zero-order valence-electron chi connectivity index (χ0n) is 9.35. The predicted octanol–water partition coefficient (Wildman–Crippen LogP) is 2.92. The van der Waals surface area contributed by atoms with Crippen molar-refractivity contribution in [3.63, 3.8) is 0 Å². The normalized spacial score (nSPS) is 21.7. The molecule has 1 aliphatic rings. The van der Waals surface area contributed by atoms with Gasteiger partial charge in [-0.2, -0.15) is 0 Å². The Kier molecular flexibility index (Phi) is 2.08. The molecule has 3 rings (SSSR count). The molecule has 2 aromatic carbocycles. The van der Waals surface area contributed by atoms with Crippen molar-refractivity contribution in [1.29, 1.82) is 0 Å². The van der Waals surface area contributed by atoms with Crippen LogP contribution in [0.5, 0.6) is 0 Å². The van der Waals surface area contributed by atoms with Gasteiger partial charge in [-0.1, -0.05) is 60.7 Å². The van der Waals surface area contributed by atoms with Gasteiger partial charge >= 0.3 is 0 Å². The summed E-state index contributed by atoms with van der Waals surface area (Å²) in [6.45, 7) is 2.24. The molecule has 0 spiro atoms. The number of benzene rings is 2. The van der Waals surface area contributed by atoms with Gasteiger partial charge in [-0.15, -0.1) is 0 Å². The van der Waals surface area contributed by atoms with Crippen LogP contribution in [-0.2, 0) is 5.54 Å². The molecule has 0 aliphatic carbocycles.